The SMILES string of the molecule is Cn1c(C(=O)N2C[C@@H]3NC(=O)c4cc(ccc4F)-c4cccc(c4)OCC(=O)NCc4ccc(cc4)O[C@H]3C2)cc(=O)n(C)c1=O. The number of nitrogens with zero attached hydrogens (tertiary/aromatic N) is 3. The number of hydrogen-bond donors (Lipinski definition) is 2. The monoisotopic (exact) mass is 627 g/mol. The molecule has 1 fully saturated rings. The Morgan fingerprint density at radius 2 is 1.63 bits per heavy atom. The third-order valence-corrected chi connectivity index (χ3v) is 8.06. The van der Waals surface area contributed by atoms with Crippen LogP contribution in [0.15, 0.2) is 82.4 Å². The molecule has 1 saturated heterocycles. The molecule has 0 saturated carbocycles. The molecule has 0 unspecified atom stereocenters. The molecule has 13 heteroatoms. The maximum Gasteiger partial charge on any atom is 0.331 e. The fourth-order valence-electron chi connectivity index (χ4n) is 5.45. The maximum atomic E-state index is 15.1. The number of fused-ring (bicyclic) bond motifs is 7. The second-order valence-electron chi connectivity index (χ2n) is 11.1. The van der Waals surface area contributed by atoms with Crippen LogP contribution in [0.1, 0.15) is 26.4 Å². The summed E-state index contributed by atoms with van der Waals surface area (Å²) in [5, 5.41) is 5.64. The molecule has 46 heavy (non-hydrogen) atoms. The Morgan fingerprint density at radius 3 is 2.41 bits per heavy atom. The second kappa shape index (κ2) is 12.3. The van der Waals surface area contributed by atoms with Crippen LogP contribution < -0.4 is 31.4 Å². The standard InChI is InChI=1S/C33H30FN5O7/c1-37-27(14-30(41)38(2)33(37)44)32(43)39-16-26-28(17-39)46-22-9-6-19(7-10-22)15-35-29(40)18-45-23-5-3-4-20(12-23)21-8-11-25(34)24(13-21)31(42)36-26/h3-14,26,28H,15-18H2,1-2H3,(H,35,40)(H,36,42)/t26-,28-/m0/s1. The van der Waals surface area contributed by atoms with Gasteiger partial charge in [0.25, 0.3) is 23.3 Å². The van der Waals surface area contributed by atoms with Gasteiger partial charge in [-0.15, -0.1) is 0 Å². The highest BCUT2D eigenvalue weighted by atomic mass is 19.1. The molecule has 12 nitrogen and oxygen atoms in total. The van der Waals surface area contributed by atoms with Crippen LogP contribution in [0.25, 0.3) is 11.1 Å². The molecular weight excluding hydrogens is 597 g/mol. The van der Waals surface area contributed by atoms with Gasteiger partial charge in [0.05, 0.1) is 18.2 Å². The second-order valence-corrected chi connectivity index (χ2v) is 11.1. The van der Waals surface area contributed by atoms with Gasteiger partial charge in [-0.3, -0.25) is 28.3 Å². The first kappa shape index (κ1) is 30.3. The van der Waals surface area contributed by atoms with Crippen molar-refractivity contribution in [3.05, 3.63) is 116 Å². The Balaban J connectivity index is 1.35. The highest BCUT2D eigenvalue weighted by Crippen LogP contribution is 2.27. The van der Waals surface area contributed by atoms with Crippen LogP contribution >= 0.6 is 0 Å². The lowest BCUT2D eigenvalue weighted by molar-refractivity contribution is -0.123. The lowest BCUT2D eigenvalue weighted by atomic mass is 10.0. The minimum atomic E-state index is -0.788. The normalized spacial score (nSPS) is 18.1. The van der Waals surface area contributed by atoms with E-state index in [1.807, 2.05) is 0 Å². The summed E-state index contributed by atoms with van der Waals surface area (Å²) in [6.45, 7) is -0.00397. The average Bonchev–Trinajstić information content (AvgIpc) is 3.45. The third kappa shape index (κ3) is 6.11. The van der Waals surface area contributed by atoms with Gasteiger partial charge in [0.2, 0.25) is 0 Å². The zero-order valence-electron chi connectivity index (χ0n) is 25.0. The number of halogens is 1. The number of aromatic nitrogens is 2. The minimum absolute atomic E-state index is 0.000301. The van der Waals surface area contributed by atoms with E-state index in [0.29, 0.717) is 22.6 Å². The van der Waals surface area contributed by atoms with Crippen molar-refractivity contribution >= 4 is 17.7 Å². The zero-order valence-corrected chi connectivity index (χ0v) is 25.0. The van der Waals surface area contributed by atoms with E-state index < -0.39 is 41.0 Å². The Hall–Kier alpha value is -5.72. The quantitative estimate of drug-likeness (QED) is 0.327. The number of nitrogens with one attached hydrogen (secondary N) is 2. The van der Waals surface area contributed by atoms with Crippen molar-refractivity contribution in [2.75, 3.05) is 19.7 Å². The molecule has 3 aliphatic rings. The van der Waals surface area contributed by atoms with E-state index in [1.165, 1.54) is 37.2 Å². The molecule has 3 amide bonds. The van der Waals surface area contributed by atoms with Crippen molar-refractivity contribution in [1.82, 2.24) is 24.7 Å². The molecule has 2 atom stereocenters. The van der Waals surface area contributed by atoms with Crippen molar-refractivity contribution in [3.63, 3.8) is 0 Å². The minimum Gasteiger partial charge on any atom is -0.486 e. The topological polar surface area (TPSA) is 141 Å². The molecule has 7 rings (SSSR count). The van der Waals surface area contributed by atoms with Crippen molar-refractivity contribution in [3.8, 4) is 22.6 Å². The molecule has 4 aromatic rings. The highest BCUT2D eigenvalue weighted by Gasteiger charge is 2.39. The first-order chi connectivity index (χ1) is 22.1. The predicted octanol–water partition coefficient (Wildman–Crippen LogP) is 1.60. The Bertz CT molecular complexity index is 1970. The van der Waals surface area contributed by atoms with Crippen LogP contribution in [-0.2, 0) is 25.4 Å². The van der Waals surface area contributed by atoms with Crippen LogP contribution in [-0.4, -0.2) is 63.6 Å². The van der Waals surface area contributed by atoms with Gasteiger partial charge in [0.1, 0.15) is 29.1 Å². The van der Waals surface area contributed by atoms with Crippen LogP contribution in [0.2, 0.25) is 0 Å². The molecule has 6 bridgehead atoms. The van der Waals surface area contributed by atoms with E-state index >= 15 is 4.39 Å². The van der Waals surface area contributed by atoms with Gasteiger partial charge >= 0.3 is 5.69 Å². The van der Waals surface area contributed by atoms with E-state index in [0.717, 1.165) is 20.8 Å². The van der Waals surface area contributed by atoms with Crippen LogP contribution in [0.4, 0.5) is 4.39 Å². The number of rotatable bonds is 1. The van der Waals surface area contributed by atoms with Crippen LogP contribution in [0, 0.1) is 5.82 Å². The molecular formula is C33H30FN5O7. The molecule has 2 N–H and O–H groups in total. The van der Waals surface area contributed by atoms with Gasteiger partial charge < -0.3 is 25.0 Å². The number of hydrogen-bond acceptors (Lipinski definition) is 7. The predicted molar refractivity (Wildman–Crippen MR) is 164 cm³/mol. The first-order valence-corrected chi connectivity index (χ1v) is 14.5. The Kier molecular flexibility index (Phi) is 8.14. The van der Waals surface area contributed by atoms with Gasteiger partial charge in [0, 0.05) is 33.3 Å². The largest absolute Gasteiger partial charge is 0.486 e. The lowest BCUT2D eigenvalue weighted by Crippen LogP contribution is -2.45. The van der Waals surface area contributed by atoms with Crippen LogP contribution in [0.5, 0.6) is 11.5 Å². The number of amides is 3. The zero-order chi connectivity index (χ0) is 32.5. The summed E-state index contributed by atoms with van der Waals surface area (Å²) in [7, 11) is 2.70. The molecule has 0 spiro atoms. The molecule has 0 radical (unpaired) electrons. The van der Waals surface area contributed by atoms with E-state index in [-0.39, 0.29) is 43.4 Å². The lowest BCUT2D eigenvalue weighted by Gasteiger charge is -2.21. The van der Waals surface area contributed by atoms with Crippen molar-refractivity contribution in [1.29, 1.82) is 0 Å². The van der Waals surface area contributed by atoms with Crippen LogP contribution in [0.3, 0.4) is 0 Å². The molecule has 3 aromatic carbocycles. The summed E-state index contributed by atoms with van der Waals surface area (Å²) < 4.78 is 28.9. The number of benzene rings is 3. The molecule has 236 valence electrons. The smallest absolute Gasteiger partial charge is 0.331 e. The van der Waals surface area contributed by atoms with Crippen molar-refractivity contribution < 1.29 is 28.2 Å². The number of carbonyl (C=O) groups excluding carboxylic acids is 3. The molecule has 1 aromatic heterocycles. The van der Waals surface area contributed by atoms with E-state index in [2.05, 4.69) is 10.6 Å². The average molecular weight is 628 g/mol. The van der Waals surface area contributed by atoms with Gasteiger partial charge in [0.15, 0.2) is 6.61 Å². The van der Waals surface area contributed by atoms with E-state index in [4.69, 9.17) is 9.47 Å². The number of likely N-dealkylation sites (tertiary alicyclic amines) is 1. The summed E-state index contributed by atoms with van der Waals surface area (Å²) in [6, 6.07) is 18.2. The van der Waals surface area contributed by atoms with Gasteiger partial charge in [-0.25, -0.2) is 9.18 Å². The Morgan fingerprint density at radius 1 is 0.870 bits per heavy atom. The summed E-state index contributed by atoms with van der Waals surface area (Å²) in [5.74, 6) is -1.54. The third-order valence-electron chi connectivity index (χ3n) is 8.06. The van der Waals surface area contributed by atoms with E-state index in [1.54, 1.807) is 48.5 Å². The highest BCUT2D eigenvalue weighted by molar-refractivity contribution is 5.96. The Labute approximate surface area is 262 Å². The molecule has 0 aliphatic carbocycles. The fraction of sp³-hybridized carbons (Fsp3) is 0.242. The fourth-order valence-corrected chi connectivity index (χ4v) is 5.45. The van der Waals surface area contributed by atoms with Gasteiger partial charge in [-0.1, -0.05) is 30.3 Å². The summed E-state index contributed by atoms with van der Waals surface area (Å²) >= 11 is 0. The van der Waals surface area contributed by atoms with Gasteiger partial charge in [-0.2, -0.15) is 0 Å². The maximum absolute atomic E-state index is 15.1. The van der Waals surface area contributed by atoms with Crippen molar-refractivity contribution in [2.45, 2.75) is 18.7 Å². The summed E-state index contributed by atoms with van der Waals surface area (Å²) in [6.07, 6.45) is -0.771. The summed E-state index contributed by atoms with van der Waals surface area (Å²) in [4.78, 5) is 65.8. The summed E-state index contributed by atoms with van der Waals surface area (Å²) in [5.41, 5.74) is 0.337. The number of carbonyl (C=O) groups is 3. The van der Waals surface area contributed by atoms with E-state index in [9.17, 15) is 24.0 Å². The molecule has 3 aliphatic heterocycles. The van der Waals surface area contributed by atoms with Crippen molar-refractivity contribution in [2.24, 2.45) is 14.1 Å². The van der Waals surface area contributed by atoms with Gasteiger partial charge in [-0.05, 0) is 53.1 Å². The first-order valence-electron chi connectivity index (χ1n) is 14.5. The number of ether oxygens (including phenoxy) is 2. The molecule has 4 heterocycles.